The predicted molar refractivity (Wildman–Crippen MR) is 61.9 cm³/mol. The first-order valence-corrected chi connectivity index (χ1v) is 14.3. The van der Waals surface area contributed by atoms with E-state index in [4.69, 9.17) is 0 Å². The minimum absolute atomic E-state index is 1.29. The maximum absolute atomic E-state index is 3.74. The first kappa shape index (κ1) is 10.1. The van der Waals surface area contributed by atoms with E-state index in [1.165, 1.54) is 5.56 Å². The van der Waals surface area contributed by atoms with Gasteiger partial charge in [0.1, 0.15) is 0 Å². The third kappa shape index (κ3) is 4.12. The molecule has 0 bridgehead atoms. The normalized spacial score (nSPS) is 12.2. The Morgan fingerprint density at radius 3 is 2.25 bits per heavy atom. The first-order chi connectivity index (χ1) is 5.58. The molecule has 0 spiro atoms. The number of hydrogen-bond acceptors (Lipinski definition) is 0. The summed E-state index contributed by atoms with van der Waals surface area (Å²) in [6.45, 7) is 0. The fourth-order valence-electron chi connectivity index (χ4n) is 0.859. The topological polar surface area (TPSA) is 0 Å². The Morgan fingerprint density at radius 2 is 1.75 bits per heavy atom. The van der Waals surface area contributed by atoms with Gasteiger partial charge >= 0.3 is 83.8 Å². The Hall–Kier alpha value is -0.0171. The summed E-state index contributed by atoms with van der Waals surface area (Å²) in [4.78, 5) is 2.33. The summed E-state index contributed by atoms with van der Waals surface area (Å²) in [6, 6.07) is 10.4. The molecule has 2 heteroatoms. The summed E-state index contributed by atoms with van der Waals surface area (Å²) >= 11 is 2.08. The van der Waals surface area contributed by atoms with Crippen LogP contribution in [0.2, 0.25) is 11.5 Å². The van der Waals surface area contributed by atoms with E-state index in [0.29, 0.717) is 0 Å². The molecule has 0 radical (unpaired) electrons. The van der Waals surface area contributed by atoms with E-state index >= 15 is 0 Å². The second-order valence-electron chi connectivity index (χ2n) is 3.31. The summed E-state index contributed by atoms with van der Waals surface area (Å²) < 4.78 is 0. The summed E-state index contributed by atoms with van der Waals surface area (Å²) in [5.41, 5.74) is 1.29. The van der Waals surface area contributed by atoms with Crippen LogP contribution in [0, 0.1) is 0 Å². The van der Waals surface area contributed by atoms with Crippen molar-refractivity contribution in [3.8, 4) is 0 Å². The van der Waals surface area contributed by atoms with E-state index in [-0.39, 0.29) is 0 Å². The average Bonchev–Trinajstić information content (AvgIpc) is 2.02. The van der Waals surface area contributed by atoms with Crippen LogP contribution in [0.25, 0.3) is 6.08 Å². The summed E-state index contributed by atoms with van der Waals surface area (Å²) in [5, 5.41) is 0. The van der Waals surface area contributed by atoms with Gasteiger partial charge in [-0.1, -0.05) is 0 Å². The van der Waals surface area contributed by atoms with Gasteiger partial charge in [0, 0.05) is 0 Å². The minimum atomic E-state index is -1.66. The Bertz CT molecular complexity index is 259. The van der Waals surface area contributed by atoms with Crippen LogP contribution in [0.15, 0.2) is 35.2 Å². The molecule has 12 heavy (non-hydrogen) atoms. The zero-order valence-corrected chi connectivity index (χ0v) is 11.1. The molecule has 0 aliphatic carbocycles. The third-order valence-corrected chi connectivity index (χ3v) is 4.86. The van der Waals surface area contributed by atoms with E-state index in [1.54, 1.807) is 0 Å². The van der Waals surface area contributed by atoms with Crippen molar-refractivity contribution in [3.05, 3.63) is 40.8 Å². The summed E-state index contributed by atoms with van der Waals surface area (Å²) in [7, 11) is 0. The van der Waals surface area contributed by atoms with Gasteiger partial charge in [-0.25, -0.2) is 0 Å². The molecule has 0 unspecified atom stereocenters. The number of benzene rings is 1. The SMILES string of the molecule is [CH3][Ge]([CH3])([Br])/[CH]=C/c1ccccc1. The van der Waals surface area contributed by atoms with Crippen molar-refractivity contribution in [1.82, 2.24) is 0 Å². The Balaban J connectivity index is 2.71. The van der Waals surface area contributed by atoms with E-state index in [1.807, 2.05) is 6.07 Å². The van der Waals surface area contributed by atoms with Gasteiger partial charge in [-0.15, -0.1) is 0 Å². The van der Waals surface area contributed by atoms with Gasteiger partial charge in [0.15, 0.2) is 0 Å². The molecule has 0 aliphatic heterocycles. The molecule has 1 rings (SSSR count). The zero-order chi connectivity index (χ0) is 9.03. The van der Waals surface area contributed by atoms with Gasteiger partial charge in [-0.3, -0.25) is 0 Å². The van der Waals surface area contributed by atoms with E-state index in [9.17, 15) is 0 Å². The molecule has 0 atom stereocenters. The molecule has 0 heterocycles. The van der Waals surface area contributed by atoms with Crippen molar-refractivity contribution in [2.24, 2.45) is 0 Å². The standard InChI is InChI=1S/C10H13BrGe/c1-12(2,11)9-8-10-6-4-3-5-7-10/h3-9H,1-2H3/b9-8+. The molecule has 0 saturated heterocycles. The molecule has 1 aromatic carbocycles. The monoisotopic (exact) mass is 286 g/mol. The van der Waals surface area contributed by atoms with Crippen LogP contribution < -0.4 is 0 Å². The maximum atomic E-state index is 3.74. The predicted octanol–water partition coefficient (Wildman–Crippen LogP) is 3.84. The second kappa shape index (κ2) is 4.28. The Labute approximate surface area is 83.7 Å². The number of hydrogen-bond donors (Lipinski definition) is 0. The van der Waals surface area contributed by atoms with Crippen molar-refractivity contribution in [2.45, 2.75) is 11.5 Å². The molecular weight excluding hydrogens is 273 g/mol. The molecule has 0 N–H and O–H groups in total. The Kier molecular flexibility index (Phi) is 3.59. The van der Waals surface area contributed by atoms with Crippen LogP contribution in [0.3, 0.4) is 0 Å². The van der Waals surface area contributed by atoms with E-state index < -0.39 is 11.4 Å². The fourth-order valence-corrected chi connectivity index (χ4v) is 2.78. The molecule has 0 aliphatic rings. The number of rotatable bonds is 2. The van der Waals surface area contributed by atoms with Gasteiger partial charge < -0.3 is 0 Å². The molecule has 0 saturated carbocycles. The number of halogens is 1. The molecule has 0 aromatic heterocycles. The van der Waals surface area contributed by atoms with Crippen LogP contribution in [0.5, 0.6) is 0 Å². The van der Waals surface area contributed by atoms with Crippen LogP contribution >= 0.6 is 14.0 Å². The first-order valence-electron chi connectivity index (χ1n) is 4.01. The second-order valence-corrected chi connectivity index (χ2v) is 21.2. The van der Waals surface area contributed by atoms with E-state index in [0.717, 1.165) is 0 Å². The van der Waals surface area contributed by atoms with E-state index in [2.05, 4.69) is 60.8 Å². The molecule has 64 valence electrons. The van der Waals surface area contributed by atoms with Crippen LogP contribution in [-0.2, 0) is 0 Å². The van der Waals surface area contributed by atoms with Gasteiger partial charge in [0.25, 0.3) is 0 Å². The quantitative estimate of drug-likeness (QED) is 0.724. The molecular formula is C10H13BrGe. The van der Waals surface area contributed by atoms with Crippen LogP contribution in [-0.4, -0.2) is 11.4 Å². The van der Waals surface area contributed by atoms with Crippen LogP contribution in [0.1, 0.15) is 5.56 Å². The summed E-state index contributed by atoms with van der Waals surface area (Å²) in [5.74, 6) is 4.61. The van der Waals surface area contributed by atoms with Crippen molar-refractivity contribution in [2.75, 3.05) is 0 Å². The summed E-state index contributed by atoms with van der Waals surface area (Å²) in [6.07, 6.45) is 2.20. The molecule has 0 amide bonds. The fraction of sp³-hybridized carbons (Fsp3) is 0.200. The van der Waals surface area contributed by atoms with Crippen molar-refractivity contribution < 1.29 is 0 Å². The molecule has 1 aromatic rings. The van der Waals surface area contributed by atoms with Gasteiger partial charge in [0.05, 0.1) is 0 Å². The van der Waals surface area contributed by atoms with Gasteiger partial charge in [-0.05, 0) is 0 Å². The zero-order valence-electron chi connectivity index (χ0n) is 7.42. The Morgan fingerprint density at radius 1 is 1.17 bits per heavy atom. The van der Waals surface area contributed by atoms with Gasteiger partial charge in [0.2, 0.25) is 0 Å². The van der Waals surface area contributed by atoms with Crippen molar-refractivity contribution >= 4 is 31.5 Å². The molecule has 0 fully saturated rings. The van der Waals surface area contributed by atoms with Gasteiger partial charge in [-0.2, -0.15) is 0 Å². The van der Waals surface area contributed by atoms with Crippen LogP contribution in [0.4, 0.5) is 0 Å². The third-order valence-electron chi connectivity index (χ3n) is 1.47. The van der Waals surface area contributed by atoms with Crippen molar-refractivity contribution in [1.29, 1.82) is 0 Å². The molecule has 0 nitrogen and oxygen atoms in total. The average molecular weight is 286 g/mol. The van der Waals surface area contributed by atoms with Crippen molar-refractivity contribution in [3.63, 3.8) is 0 Å².